The molecule has 0 N–H and O–H groups in total. The second-order valence-electron chi connectivity index (χ2n) is 8.29. The molecule has 2 aromatic heterocycles. The van der Waals surface area contributed by atoms with Gasteiger partial charge in [0.1, 0.15) is 11.0 Å². The van der Waals surface area contributed by atoms with Crippen LogP contribution in [0.4, 0.5) is 0 Å². The molecule has 0 bridgehead atoms. The lowest BCUT2D eigenvalue weighted by Gasteiger charge is -2.35. The fourth-order valence-corrected chi connectivity index (χ4v) is 4.65. The molecular weight excluding hydrogens is 408 g/mol. The molecule has 0 saturated heterocycles. The summed E-state index contributed by atoms with van der Waals surface area (Å²) < 4.78 is 4.06. The van der Waals surface area contributed by atoms with Crippen molar-refractivity contribution in [2.75, 3.05) is 0 Å². The summed E-state index contributed by atoms with van der Waals surface area (Å²) in [6.45, 7) is 0. The van der Waals surface area contributed by atoms with Gasteiger partial charge in [0.25, 0.3) is 0 Å². The smallest absolute Gasteiger partial charge is 0.166 e. The molecule has 0 aliphatic carbocycles. The van der Waals surface area contributed by atoms with Gasteiger partial charge < -0.3 is 0 Å². The van der Waals surface area contributed by atoms with Gasteiger partial charge in [-0.25, -0.2) is 9.36 Å². The van der Waals surface area contributed by atoms with E-state index in [-0.39, 0.29) is 0 Å². The number of aromatic nitrogens is 6. The zero-order chi connectivity index (χ0) is 22.1. The molecule has 6 aromatic rings. The predicted octanol–water partition coefficient (Wildman–Crippen LogP) is 4.86. The maximum absolute atomic E-state index is 4.70. The first kappa shape index (κ1) is 19.4. The molecule has 0 saturated carbocycles. The van der Waals surface area contributed by atoms with Gasteiger partial charge in [-0.15, -0.1) is 10.2 Å². The molecule has 160 valence electrons. The Kier molecular flexibility index (Phi) is 4.69. The molecule has 0 aliphatic heterocycles. The first-order valence-electron chi connectivity index (χ1n) is 11.0. The summed E-state index contributed by atoms with van der Waals surface area (Å²) in [6, 6.07) is 37.1. The number of benzene rings is 4. The van der Waals surface area contributed by atoms with E-state index in [0.717, 1.165) is 22.1 Å². The third kappa shape index (κ3) is 3.36. The van der Waals surface area contributed by atoms with E-state index in [4.69, 9.17) is 10.4 Å². The van der Waals surface area contributed by atoms with Crippen molar-refractivity contribution in [1.29, 1.82) is 0 Å². The van der Waals surface area contributed by atoms with E-state index >= 15 is 0 Å². The topological polar surface area (TPSA) is 61.4 Å². The Balaban J connectivity index is 1.68. The minimum atomic E-state index is -0.699. The second kappa shape index (κ2) is 7.98. The number of rotatable bonds is 6. The molecule has 0 unspecified atom stereocenters. The third-order valence-electron chi connectivity index (χ3n) is 6.15. The molecule has 0 atom stereocenters. The lowest BCUT2D eigenvalue weighted by molar-refractivity contribution is 0.183. The van der Waals surface area contributed by atoms with Gasteiger partial charge in [-0.3, -0.25) is 0 Å². The third-order valence-corrected chi connectivity index (χ3v) is 6.15. The highest BCUT2D eigenvalue weighted by Crippen LogP contribution is 2.33. The van der Waals surface area contributed by atoms with Gasteiger partial charge in [-0.2, -0.15) is 0 Å². The number of hydrogen-bond acceptors (Lipinski definition) is 4. The van der Waals surface area contributed by atoms with Gasteiger partial charge in [0, 0.05) is 12.8 Å². The summed E-state index contributed by atoms with van der Waals surface area (Å²) in [4.78, 5) is 0. The highest BCUT2D eigenvalue weighted by Gasteiger charge is 2.40. The van der Waals surface area contributed by atoms with E-state index in [2.05, 4.69) is 70.9 Å². The van der Waals surface area contributed by atoms with Gasteiger partial charge >= 0.3 is 0 Å². The molecule has 2 heterocycles. The van der Waals surface area contributed by atoms with E-state index in [1.165, 1.54) is 11.1 Å². The maximum Gasteiger partial charge on any atom is 0.166 e. The quantitative estimate of drug-likeness (QED) is 0.379. The van der Waals surface area contributed by atoms with Crippen molar-refractivity contribution < 1.29 is 0 Å². The standard InChI is InChI=1S/C27H22N6/c1-3-11-21(12-4-1)19-27(20-22-13-5-2-6-14-22,32-25-17-9-7-15-23(25)28-30-32)33-26-18-10-8-16-24(26)29-31-33/h1-18H,19-20H2. The molecule has 6 nitrogen and oxygen atoms in total. The zero-order valence-corrected chi connectivity index (χ0v) is 18.0. The molecule has 0 radical (unpaired) electrons. The normalized spacial score (nSPS) is 11.9. The largest absolute Gasteiger partial charge is 0.216 e. The van der Waals surface area contributed by atoms with Crippen LogP contribution in [0.15, 0.2) is 109 Å². The van der Waals surface area contributed by atoms with Crippen LogP contribution in [0, 0.1) is 0 Å². The van der Waals surface area contributed by atoms with Crippen LogP contribution in [-0.4, -0.2) is 30.0 Å². The molecule has 6 rings (SSSR count). The highest BCUT2D eigenvalue weighted by molar-refractivity contribution is 5.76. The molecule has 33 heavy (non-hydrogen) atoms. The van der Waals surface area contributed by atoms with Gasteiger partial charge in [0.05, 0.1) is 11.0 Å². The van der Waals surface area contributed by atoms with Gasteiger partial charge in [0.2, 0.25) is 0 Å². The monoisotopic (exact) mass is 430 g/mol. The molecule has 0 amide bonds. The Labute approximate surface area is 191 Å². The van der Waals surface area contributed by atoms with Gasteiger partial charge in [0.15, 0.2) is 5.66 Å². The fourth-order valence-electron chi connectivity index (χ4n) is 4.65. The lowest BCUT2D eigenvalue weighted by atomic mass is 9.91. The maximum atomic E-state index is 4.70. The fraction of sp³-hybridized carbons (Fsp3) is 0.111. The van der Waals surface area contributed by atoms with E-state index in [1.807, 2.05) is 57.9 Å². The van der Waals surface area contributed by atoms with Crippen molar-refractivity contribution in [3.8, 4) is 0 Å². The van der Waals surface area contributed by atoms with Crippen molar-refractivity contribution >= 4 is 22.1 Å². The van der Waals surface area contributed by atoms with Gasteiger partial charge in [-0.05, 0) is 35.4 Å². The zero-order valence-electron chi connectivity index (χ0n) is 18.0. The summed E-state index contributed by atoms with van der Waals surface area (Å²) in [5.74, 6) is 0. The Hall–Kier alpha value is -4.32. The Morgan fingerprint density at radius 3 is 1.33 bits per heavy atom. The number of para-hydroxylation sites is 2. The first-order valence-corrected chi connectivity index (χ1v) is 11.0. The Morgan fingerprint density at radius 2 is 0.879 bits per heavy atom. The summed E-state index contributed by atoms with van der Waals surface area (Å²) in [5.41, 5.74) is 5.31. The lowest BCUT2D eigenvalue weighted by Crippen LogP contribution is -2.47. The van der Waals surface area contributed by atoms with Crippen LogP contribution in [0.3, 0.4) is 0 Å². The highest BCUT2D eigenvalue weighted by atomic mass is 15.6. The van der Waals surface area contributed by atoms with Crippen molar-refractivity contribution in [2.24, 2.45) is 0 Å². The molecule has 0 aliphatic rings. The average Bonchev–Trinajstić information content (AvgIpc) is 3.50. The van der Waals surface area contributed by atoms with Crippen molar-refractivity contribution in [1.82, 2.24) is 30.0 Å². The van der Waals surface area contributed by atoms with Crippen LogP contribution in [0.25, 0.3) is 22.1 Å². The number of fused-ring (bicyclic) bond motifs is 2. The number of nitrogens with zero attached hydrogens (tertiary/aromatic N) is 6. The van der Waals surface area contributed by atoms with E-state index < -0.39 is 5.66 Å². The van der Waals surface area contributed by atoms with Crippen LogP contribution >= 0.6 is 0 Å². The molecule has 6 heteroatoms. The number of hydrogen-bond donors (Lipinski definition) is 0. The SMILES string of the molecule is c1ccc(CC(Cc2ccccc2)(n2nnc3ccccc32)n2nnc3ccccc32)cc1. The van der Waals surface area contributed by atoms with Crippen LogP contribution in [0.2, 0.25) is 0 Å². The van der Waals surface area contributed by atoms with E-state index in [0.29, 0.717) is 12.8 Å². The summed E-state index contributed by atoms with van der Waals surface area (Å²) in [6.07, 6.45) is 1.34. The molecule has 4 aromatic carbocycles. The Bertz CT molecular complexity index is 1400. The molecule has 0 fully saturated rings. The van der Waals surface area contributed by atoms with Crippen LogP contribution in [0.1, 0.15) is 11.1 Å². The van der Waals surface area contributed by atoms with Crippen molar-refractivity contribution in [2.45, 2.75) is 18.5 Å². The van der Waals surface area contributed by atoms with Crippen LogP contribution in [0.5, 0.6) is 0 Å². The minimum absolute atomic E-state index is 0.670. The Morgan fingerprint density at radius 1 is 0.485 bits per heavy atom. The first-order chi connectivity index (χ1) is 16.3. The molecule has 0 spiro atoms. The van der Waals surface area contributed by atoms with Crippen LogP contribution < -0.4 is 0 Å². The summed E-state index contributed by atoms with van der Waals surface area (Å²) in [5, 5.41) is 18.4. The molecular formula is C27H22N6. The van der Waals surface area contributed by atoms with E-state index in [1.54, 1.807) is 0 Å². The average molecular weight is 431 g/mol. The van der Waals surface area contributed by atoms with Gasteiger partial charge in [-0.1, -0.05) is 95.4 Å². The summed E-state index contributed by atoms with van der Waals surface area (Å²) in [7, 11) is 0. The van der Waals surface area contributed by atoms with Crippen LogP contribution in [-0.2, 0) is 18.5 Å². The van der Waals surface area contributed by atoms with Crippen molar-refractivity contribution in [3.05, 3.63) is 120 Å². The van der Waals surface area contributed by atoms with Crippen molar-refractivity contribution in [3.63, 3.8) is 0 Å². The second-order valence-corrected chi connectivity index (χ2v) is 8.29. The van der Waals surface area contributed by atoms with E-state index in [9.17, 15) is 0 Å². The minimum Gasteiger partial charge on any atom is -0.216 e. The summed E-state index contributed by atoms with van der Waals surface area (Å²) >= 11 is 0. The predicted molar refractivity (Wildman–Crippen MR) is 129 cm³/mol.